The predicted octanol–water partition coefficient (Wildman–Crippen LogP) is 7.89. The first kappa shape index (κ1) is 52.6. The van der Waals surface area contributed by atoms with Gasteiger partial charge in [0.05, 0.1) is 6.61 Å². The SMILES string of the molecule is CCCCCCC/C=C/CCCCCCCC(=O)OC[C@@H](COP(=O)(O)OC1C(O)C(O)C(O)[C@H](O)C1O)OC(=O)CCCCCCCCCCCCCCC. The molecule has 56 heavy (non-hydrogen) atoms. The number of allylic oxidation sites excluding steroid dienone is 2. The van der Waals surface area contributed by atoms with Crippen LogP contribution in [0.3, 0.4) is 0 Å². The van der Waals surface area contributed by atoms with Gasteiger partial charge in [-0.25, -0.2) is 4.57 Å². The highest BCUT2D eigenvalue weighted by molar-refractivity contribution is 7.47. The van der Waals surface area contributed by atoms with Crippen molar-refractivity contribution in [1.29, 1.82) is 0 Å². The van der Waals surface area contributed by atoms with Crippen LogP contribution >= 0.6 is 7.82 Å². The maximum Gasteiger partial charge on any atom is 0.472 e. The Balaban J connectivity index is 2.49. The fourth-order valence-corrected chi connectivity index (χ4v) is 7.73. The summed E-state index contributed by atoms with van der Waals surface area (Å²) in [6.07, 6.45) is 19.8. The Kier molecular flexibility index (Phi) is 31.4. The summed E-state index contributed by atoms with van der Waals surface area (Å²) < 4.78 is 33.4. The largest absolute Gasteiger partial charge is 0.472 e. The van der Waals surface area contributed by atoms with Crippen molar-refractivity contribution in [2.45, 2.75) is 230 Å². The van der Waals surface area contributed by atoms with Crippen molar-refractivity contribution in [1.82, 2.24) is 0 Å². The lowest BCUT2D eigenvalue weighted by molar-refractivity contribution is -0.220. The number of carbonyl (C=O) groups excluding carboxylic acids is 2. The first-order valence-corrected chi connectivity index (χ1v) is 23.5. The summed E-state index contributed by atoms with van der Waals surface area (Å²) in [6.45, 7) is 3.27. The molecule has 0 aromatic rings. The molecule has 330 valence electrons. The number of rotatable bonds is 36. The Morgan fingerprint density at radius 1 is 0.536 bits per heavy atom. The lowest BCUT2D eigenvalue weighted by Gasteiger charge is -2.41. The van der Waals surface area contributed by atoms with Crippen LogP contribution in [0.1, 0.15) is 187 Å². The van der Waals surface area contributed by atoms with Crippen molar-refractivity contribution >= 4 is 19.8 Å². The third kappa shape index (κ3) is 25.8. The highest BCUT2D eigenvalue weighted by Crippen LogP contribution is 2.47. The van der Waals surface area contributed by atoms with Gasteiger partial charge in [-0.1, -0.05) is 148 Å². The van der Waals surface area contributed by atoms with E-state index in [0.717, 1.165) is 64.2 Å². The molecule has 0 aromatic heterocycles. The zero-order valence-corrected chi connectivity index (χ0v) is 35.6. The van der Waals surface area contributed by atoms with Crippen LogP contribution in [0.5, 0.6) is 0 Å². The number of unbranched alkanes of at least 4 members (excludes halogenated alkanes) is 22. The molecule has 6 N–H and O–H groups in total. The van der Waals surface area contributed by atoms with Crippen molar-refractivity contribution in [2.24, 2.45) is 0 Å². The standard InChI is InChI=1S/C42H79O13P/c1-3-5-7-9-11-13-15-17-19-20-22-24-26-28-30-35(43)52-32-34(33-53-56(50,51)55-42-40(48)38(46)37(45)39(47)41(42)49)54-36(44)31-29-27-25-23-21-18-16-14-12-10-8-6-4-2/h15,17,34,37-42,45-49H,3-14,16,18-33H2,1-2H3,(H,50,51)/b17-15+/t34-,37?,38-,39?,40?,41?,42?/m0/s1. The smallest absolute Gasteiger partial charge is 0.462 e. The molecular formula is C42H79O13P. The molecule has 0 aliphatic heterocycles. The van der Waals surface area contributed by atoms with Crippen LogP contribution in [0.25, 0.3) is 0 Å². The lowest BCUT2D eigenvalue weighted by Crippen LogP contribution is -2.64. The quantitative estimate of drug-likeness (QED) is 0.0154. The number of hydrogen-bond donors (Lipinski definition) is 6. The summed E-state index contributed by atoms with van der Waals surface area (Å²) in [5.41, 5.74) is 0. The molecule has 0 amide bonds. The van der Waals surface area contributed by atoms with E-state index in [0.29, 0.717) is 12.8 Å². The first-order valence-electron chi connectivity index (χ1n) is 22.0. The Morgan fingerprint density at radius 2 is 0.911 bits per heavy atom. The molecule has 0 spiro atoms. The molecule has 0 aromatic carbocycles. The molecule has 1 rings (SSSR count). The highest BCUT2D eigenvalue weighted by atomic mass is 31.2. The van der Waals surface area contributed by atoms with E-state index in [1.165, 1.54) is 83.5 Å². The van der Waals surface area contributed by atoms with Gasteiger partial charge in [0.1, 0.15) is 43.2 Å². The Labute approximate surface area is 337 Å². The number of esters is 2. The number of aliphatic hydroxyl groups excluding tert-OH is 5. The van der Waals surface area contributed by atoms with Gasteiger partial charge in [0.15, 0.2) is 6.10 Å². The normalized spacial score (nSPS) is 22.9. The molecule has 1 saturated carbocycles. The Morgan fingerprint density at radius 3 is 1.36 bits per heavy atom. The minimum absolute atomic E-state index is 0.100. The summed E-state index contributed by atoms with van der Waals surface area (Å²) in [5.74, 6) is -1.10. The van der Waals surface area contributed by atoms with E-state index in [1.54, 1.807) is 0 Å². The van der Waals surface area contributed by atoms with E-state index >= 15 is 0 Å². The molecule has 14 heteroatoms. The van der Waals surface area contributed by atoms with Crippen LogP contribution in [0, 0.1) is 0 Å². The molecule has 6 unspecified atom stereocenters. The number of aliphatic hydroxyl groups is 5. The molecule has 0 saturated heterocycles. The van der Waals surface area contributed by atoms with Gasteiger partial charge in [-0.15, -0.1) is 0 Å². The van der Waals surface area contributed by atoms with Gasteiger partial charge < -0.3 is 39.9 Å². The molecule has 0 heterocycles. The minimum Gasteiger partial charge on any atom is -0.462 e. The third-order valence-electron chi connectivity index (χ3n) is 10.4. The van der Waals surface area contributed by atoms with Crippen molar-refractivity contribution in [3.05, 3.63) is 12.2 Å². The highest BCUT2D eigenvalue weighted by Gasteiger charge is 2.51. The number of ether oxygens (including phenoxy) is 2. The third-order valence-corrected chi connectivity index (χ3v) is 11.3. The fourth-order valence-electron chi connectivity index (χ4n) is 6.75. The second kappa shape index (κ2) is 33.4. The maximum absolute atomic E-state index is 12.8. The molecule has 1 fully saturated rings. The maximum atomic E-state index is 12.8. The van der Waals surface area contributed by atoms with Gasteiger partial charge in [-0.3, -0.25) is 18.6 Å². The van der Waals surface area contributed by atoms with E-state index in [9.17, 15) is 44.6 Å². The topological polar surface area (TPSA) is 210 Å². The lowest BCUT2D eigenvalue weighted by atomic mass is 9.85. The van der Waals surface area contributed by atoms with Crippen LogP contribution in [0.15, 0.2) is 12.2 Å². The second-order valence-electron chi connectivity index (χ2n) is 15.6. The van der Waals surface area contributed by atoms with Crippen LogP contribution in [-0.2, 0) is 32.7 Å². The molecule has 0 bridgehead atoms. The van der Waals surface area contributed by atoms with E-state index in [-0.39, 0.29) is 12.8 Å². The van der Waals surface area contributed by atoms with Crippen LogP contribution in [0.4, 0.5) is 0 Å². The van der Waals surface area contributed by atoms with Gasteiger partial charge in [0.25, 0.3) is 0 Å². The average Bonchev–Trinajstić information content (AvgIpc) is 3.18. The average molecular weight is 823 g/mol. The van der Waals surface area contributed by atoms with Gasteiger partial charge in [-0.2, -0.15) is 0 Å². The van der Waals surface area contributed by atoms with Gasteiger partial charge in [0, 0.05) is 12.8 Å². The van der Waals surface area contributed by atoms with E-state index in [2.05, 4.69) is 26.0 Å². The van der Waals surface area contributed by atoms with Gasteiger partial charge in [-0.05, 0) is 38.5 Å². The van der Waals surface area contributed by atoms with Crippen LogP contribution in [0.2, 0.25) is 0 Å². The van der Waals surface area contributed by atoms with Crippen molar-refractivity contribution < 1.29 is 63.1 Å². The number of hydrogen-bond acceptors (Lipinski definition) is 12. The Bertz CT molecular complexity index is 1040. The van der Waals surface area contributed by atoms with E-state index in [4.69, 9.17) is 18.5 Å². The summed E-state index contributed by atoms with van der Waals surface area (Å²) in [4.78, 5) is 35.6. The summed E-state index contributed by atoms with van der Waals surface area (Å²) in [6, 6.07) is 0. The number of phosphoric acid groups is 1. The Hall–Kier alpha value is -1.41. The van der Waals surface area contributed by atoms with Gasteiger partial charge in [0.2, 0.25) is 0 Å². The monoisotopic (exact) mass is 823 g/mol. The first-order chi connectivity index (χ1) is 26.9. The summed E-state index contributed by atoms with van der Waals surface area (Å²) in [5, 5.41) is 50.0. The predicted molar refractivity (Wildman–Crippen MR) is 217 cm³/mol. The molecular weight excluding hydrogens is 743 g/mol. The molecule has 1 aliphatic rings. The van der Waals surface area contributed by atoms with Crippen molar-refractivity contribution in [3.63, 3.8) is 0 Å². The van der Waals surface area contributed by atoms with Crippen LogP contribution in [-0.4, -0.2) is 98.3 Å². The minimum atomic E-state index is -5.11. The van der Waals surface area contributed by atoms with E-state index < -0.39 is 75.7 Å². The van der Waals surface area contributed by atoms with Gasteiger partial charge >= 0.3 is 19.8 Å². The molecule has 1 aliphatic carbocycles. The van der Waals surface area contributed by atoms with Crippen molar-refractivity contribution in [2.75, 3.05) is 13.2 Å². The summed E-state index contributed by atoms with van der Waals surface area (Å²) in [7, 11) is -5.11. The second-order valence-corrected chi connectivity index (χ2v) is 17.0. The zero-order chi connectivity index (χ0) is 41.4. The van der Waals surface area contributed by atoms with Crippen molar-refractivity contribution in [3.8, 4) is 0 Å². The van der Waals surface area contributed by atoms with E-state index in [1.807, 2.05) is 0 Å². The number of phosphoric ester groups is 1. The molecule has 8 atom stereocenters. The number of carbonyl (C=O) groups is 2. The molecule has 0 radical (unpaired) electrons. The van der Waals surface area contributed by atoms with Crippen LogP contribution < -0.4 is 0 Å². The summed E-state index contributed by atoms with van der Waals surface area (Å²) >= 11 is 0. The molecule has 13 nitrogen and oxygen atoms in total. The zero-order valence-electron chi connectivity index (χ0n) is 34.7. The fraction of sp³-hybridized carbons (Fsp3) is 0.905.